The van der Waals surface area contributed by atoms with Gasteiger partial charge in [0.1, 0.15) is 0 Å². The third kappa shape index (κ3) is 6.61. The van der Waals surface area contributed by atoms with E-state index in [1.165, 1.54) is 5.56 Å². The maximum Gasteiger partial charge on any atom is 0.270 e. The number of amides is 1. The van der Waals surface area contributed by atoms with E-state index in [1.54, 1.807) is 12.1 Å². The number of aromatic amines is 1. The van der Waals surface area contributed by atoms with Gasteiger partial charge in [0.05, 0.1) is 5.69 Å². The Labute approximate surface area is 260 Å². The summed E-state index contributed by atoms with van der Waals surface area (Å²) in [5.41, 5.74) is 7.89. The zero-order chi connectivity index (χ0) is 30.7. The quantitative estimate of drug-likeness (QED) is 0.182. The van der Waals surface area contributed by atoms with Gasteiger partial charge in [-0.2, -0.15) is 5.21 Å². The minimum atomic E-state index is -0.311. The van der Waals surface area contributed by atoms with Crippen molar-refractivity contribution in [3.05, 3.63) is 136 Å². The number of hydrogen-bond donors (Lipinski definition) is 2. The maximum absolute atomic E-state index is 12.6. The first-order chi connectivity index (χ1) is 21.2. The first-order valence-corrected chi connectivity index (χ1v) is 14.7. The number of aromatic nitrogens is 5. The summed E-state index contributed by atoms with van der Waals surface area (Å²) < 4.78 is 5.94. The standard InChI is InChI=1S/C35H31ClN6O2/c1-35(2,3)28-15-11-24(12-16-28)30(19-22-7-9-25(10-8-22)33(43)37-34-38-41-42-39-34)31-21-32(44-40-31)27-6-4-5-26(20-27)23-13-17-29(36)18-14-23/h4-18,20-21,30H,19H2,1-3H3,(H2,37,38,39,41,42,43). The molecular formula is C35H31ClN6O2. The molecule has 9 heteroatoms. The van der Waals surface area contributed by atoms with Crippen LogP contribution in [-0.2, 0) is 11.8 Å². The third-order valence-corrected chi connectivity index (χ3v) is 7.87. The summed E-state index contributed by atoms with van der Waals surface area (Å²) in [6.07, 6.45) is 0.665. The normalized spacial score (nSPS) is 12.2. The van der Waals surface area contributed by atoms with Crippen LogP contribution in [0.3, 0.4) is 0 Å². The summed E-state index contributed by atoms with van der Waals surface area (Å²) in [5, 5.41) is 21.2. The summed E-state index contributed by atoms with van der Waals surface area (Å²) in [5.74, 6) is 0.438. The molecule has 44 heavy (non-hydrogen) atoms. The number of anilines is 1. The Kier molecular flexibility index (Phi) is 8.09. The van der Waals surface area contributed by atoms with Crippen LogP contribution in [0.25, 0.3) is 22.5 Å². The molecule has 0 saturated carbocycles. The smallest absolute Gasteiger partial charge is 0.270 e. The molecule has 0 fully saturated rings. The summed E-state index contributed by atoms with van der Waals surface area (Å²) in [6, 6.07) is 34.2. The van der Waals surface area contributed by atoms with Gasteiger partial charge in [0.15, 0.2) is 5.76 Å². The van der Waals surface area contributed by atoms with Crippen molar-refractivity contribution < 1.29 is 9.32 Å². The highest BCUT2D eigenvalue weighted by Gasteiger charge is 2.22. The summed E-state index contributed by atoms with van der Waals surface area (Å²) in [4.78, 5) is 12.6. The van der Waals surface area contributed by atoms with E-state index < -0.39 is 0 Å². The van der Waals surface area contributed by atoms with Crippen molar-refractivity contribution in [2.75, 3.05) is 5.32 Å². The lowest BCUT2D eigenvalue weighted by Crippen LogP contribution is -2.13. The molecule has 1 amide bonds. The fourth-order valence-corrected chi connectivity index (χ4v) is 5.23. The third-order valence-electron chi connectivity index (χ3n) is 7.62. The molecule has 0 saturated heterocycles. The number of nitrogens with zero attached hydrogens (tertiary/aromatic N) is 4. The molecule has 8 nitrogen and oxygen atoms in total. The molecule has 4 aromatic carbocycles. The van der Waals surface area contributed by atoms with E-state index >= 15 is 0 Å². The van der Waals surface area contributed by atoms with Crippen LogP contribution in [0.15, 0.2) is 108 Å². The Morgan fingerprint density at radius 1 is 0.886 bits per heavy atom. The van der Waals surface area contributed by atoms with Crippen LogP contribution >= 0.6 is 11.6 Å². The van der Waals surface area contributed by atoms with Gasteiger partial charge in [0.25, 0.3) is 11.9 Å². The molecule has 0 bridgehead atoms. The second-order valence-corrected chi connectivity index (χ2v) is 12.2. The van der Waals surface area contributed by atoms with Gasteiger partial charge < -0.3 is 4.52 Å². The Bertz CT molecular complexity index is 1860. The number of carbonyl (C=O) groups is 1. The fourth-order valence-electron chi connectivity index (χ4n) is 5.11. The molecule has 0 aliphatic carbocycles. The van der Waals surface area contributed by atoms with E-state index in [0.29, 0.717) is 22.8 Å². The predicted molar refractivity (Wildman–Crippen MR) is 172 cm³/mol. The highest BCUT2D eigenvalue weighted by molar-refractivity contribution is 6.30. The second kappa shape index (κ2) is 12.3. The second-order valence-electron chi connectivity index (χ2n) is 11.7. The van der Waals surface area contributed by atoms with E-state index in [1.807, 2.05) is 54.6 Å². The van der Waals surface area contributed by atoms with Crippen molar-refractivity contribution >= 4 is 23.5 Å². The number of halogens is 1. The molecule has 2 aromatic heterocycles. The molecule has 1 unspecified atom stereocenters. The zero-order valence-corrected chi connectivity index (χ0v) is 25.3. The fraction of sp³-hybridized carbons (Fsp3) is 0.171. The lowest BCUT2D eigenvalue weighted by molar-refractivity contribution is 0.102. The molecule has 0 aliphatic heterocycles. The van der Waals surface area contributed by atoms with Crippen molar-refractivity contribution in [1.82, 2.24) is 25.8 Å². The topological polar surface area (TPSA) is 110 Å². The minimum absolute atomic E-state index is 0.0437. The first kappa shape index (κ1) is 29.0. The van der Waals surface area contributed by atoms with Crippen molar-refractivity contribution in [1.29, 1.82) is 0 Å². The number of H-pyrrole nitrogens is 1. The van der Waals surface area contributed by atoms with Gasteiger partial charge in [-0.3, -0.25) is 10.1 Å². The van der Waals surface area contributed by atoms with Gasteiger partial charge in [-0.1, -0.05) is 109 Å². The SMILES string of the molecule is CC(C)(C)c1ccc(C(Cc2ccc(C(=O)Nc3nn[nH]n3)cc2)c2cc(-c3cccc(-c4ccc(Cl)cc4)c3)on2)cc1. The Hall–Kier alpha value is -5.08. The number of hydrogen-bond acceptors (Lipinski definition) is 6. The summed E-state index contributed by atoms with van der Waals surface area (Å²) in [7, 11) is 0. The number of nitrogens with one attached hydrogen (secondary N) is 2. The van der Waals surface area contributed by atoms with Gasteiger partial charge in [-0.15, -0.1) is 5.10 Å². The molecule has 6 rings (SSSR count). The Balaban J connectivity index is 1.29. The van der Waals surface area contributed by atoms with Crippen LogP contribution in [0.1, 0.15) is 59.4 Å². The molecule has 2 N–H and O–H groups in total. The average molecular weight is 603 g/mol. The largest absolute Gasteiger partial charge is 0.356 e. The number of rotatable bonds is 8. The van der Waals surface area contributed by atoms with E-state index in [-0.39, 0.29) is 23.2 Å². The maximum atomic E-state index is 12.6. The molecule has 2 heterocycles. The van der Waals surface area contributed by atoms with Crippen LogP contribution in [0, 0.1) is 0 Å². The van der Waals surface area contributed by atoms with E-state index in [0.717, 1.165) is 33.5 Å². The van der Waals surface area contributed by atoms with Gasteiger partial charge in [-0.05, 0) is 75.2 Å². The molecular weight excluding hydrogens is 572 g/mol. The minimum Gasteiger partial charge on any atom is -0.356 e. The van der Waals surface area contributed by atoms with Crippen LogP contribution in [0.2, 0.25) is 5.02 Å². The van der Waals surface area contributed by atoms with Crippen LogP contribution in [0.4, 0.5) is 5.95 Å². The average Bonchev–Trinajstić information content (AvgIpc) is 3.73. The predicted octanol–water partition coefficient (Wildman–Crippen LogP) is 8.10. The van der Waals surface area contributed by atoms with Crippen molar-refractivity contribution in [2.45, 2.75) is 38.5 Å². The highest BCUT2D eigenvalue weighted by atomic mass is 35.5. The lowest BCUT2D eigenvalue weighted by Gasteiger charge is -2.21. The van der Waals surface area contributed by atoms with E-state index in [4.69, 9.17) is 16.1 Å². The first-order valence-electron chi connectivity index (χ1n) is 14.3. The number of carbonyl (C=O) groups excluding carboxylic acids is 1. The van der Waals surface area contributed by atoms with E-state index in [2.05, 4.69) is 88.3 Å². The van der Waals surface area contributed by atoms with Gasteiger partial charge in [-0.25, -0.2) is 0 Å². The molecule has 220 valence electrons. The molecule has 0 radical (unpaired) electrons. The molecule has 0 aliphatic rings. The van der Waals surface area contributed by atoms with Gasteiger partial charge in [0.2, 0.25) is 0 Å². The van der Waals surface area contributed by atoms with Gasteiger partial charge >= 0.3 is 0 Å². The van der Waals surface area contributed by atoms with E-state index in [9.17, 15) is 4.79 Å². The lowest BCUT2D eigenvalue weighted by atomic mass is 9.83. The van der Waals surface area contributed by atoms with Crippen molar-refractivity contribution in [3.63, 3.8) is 0 Å². The summed E-state index contributed by atoms with van der Waals surface area (Å²) >= 11 is 6.10. The Morgan fingerprint density at radius 3 is 2.30 bits per heavy atom. The van der Waals surface area contributed by atoms with Gasteiger partial charge in [0, 0.05) is 28.1 Å². The number of benzene rings is 4. The zero-order valence-electron chi connectivity index (χ0n) is 24.6. The van der Waals surface area contributed by atoms with Crippen molar-refractivity contribution in [2.24, 2.45) is 0 Å². The molecule has 1 atom stereocenters. The van der Waals surface area contributed by atoms with Crippen LogP contribution in [0.5, 0.6) is 0 Å². The van der Waals surface area contributed by atoms with Crippen LogP contribution in [-0.4, -0.2) is 31.7 Å². The monoisotopic (exact) mass is 602 g/mol. The molecule has 0 spiro atoms. The summed E-state index contributed by atoms with van der Waals surface area (Å²) in [6.45, 7) is 6.62. The Morgan fingerprint density at radius 2 is 1.61 bits per heavy atom. The number of tetrazole rings is 1. The van der Waals surface area contributed by atoms with Crippen LogP contribution < -0.4 is 5.32 Å². The highest BCUT2D eigenvalue weighted by Crippen LogP contribution is 2.34. The van der Waals surface area contributed by atoms with Crippen molar-refractivity contribution in [3.8, 4) is 22.5 Å². The molecule has 6 aromatic rings.